The van der Waals surface area contributed by atoms with Crippen LogP contribution in [0.5, 0.6) is 0 Å². The van der Waals surface area contributed by atoms with E-state index in [9.17, 15) is 10.1 Å². The highest BCUT2D eigenvalue weighted by atomic mass is 16.6. The summed E-state index contributed by atoms with van der Waals surface area (Å²) in [5.41, 5.74) is 6.26. The molecule has 0 bridgehead atoms. The van der Waals surface area contributed by atoms with Crippen LogP contribution in [0.3, 0.4) is 0 Å². The van der Waals surface area contributed by atoms with Gasteiger partial charge < -0.3 is 20.9 Å². The van der Waals surface area contributed by atoms with E-state index in [1.165, 1.54) is 0 Å². The molecule has 3 N–H and O–H groups in total. The Balaban J connectivity index is 1.92. The van der Waals surface area contributed by atoms with Crippen LogP contribution >= 0.6 is 0 Å². The third kappa shape index (κ3) is 3.77. The number of nitrogen functional groups attached to an aromatic ring is 1. The van der Waals surface area contributed by atoms with Crippen molar-refractivity contribution in [3.05, 3.63) is 40.4 Å². The molecule has 1 fully saturated rings. The predicted octanol–water partition coefficient (Wildman–Crippen LogP) is 1.85. The first-order valence-electron chi connectivity index (χ1n) is 8.19. The Morgan fingerprint density at radius 3 is 2.48 bits per heavy atom. The third-order valence-electron chi connectivity index (χ3n) is 4.22. The molecular weight excluding hydrogens is 322 g/mol. The largest absolute Gasteiger partial charge is 0.378 e. The van der Waals surface area contributed by atoms with Gasteiger partial charge in [-0.2, -0.15) is 9.97 Å². The van der Waals surface area contributed by atoms with E-state index in [2.05, 4.69) is 27.1 Å². The number of aromatic nitrogens is 2. The van der Waals surface area contributed by atoms with Gasteiger partial charge in [-0.05, 0) is 18.7 Å². The summed E-state index contributed by atoms with van der Waals surface area (Å²) in [5, 5.41) is 14.4. The summed E-state index contributed by atoms with van der Waals surface area (Å²) in [6.45, 7) is 6.44. The number of nitrogens with two attached hydrogens (primary N) is 1. The topological polar surface area (TPSA) is 113 Å². The number of hydrogen-bond acceptors (Lipinski definition) is 8. The second kappa shape index (κ2) is 7.31. The first kappa shape index (κ1) is 16.9. The van der Waals surface area contributed by atoms with Crippen LogP contribution in [0.2, 0.25) is 0 Å². The van der Waals surface area contributed by atoms with Crippen molar-refractivity contribution in [1.29, 1.82) is 0 Å². The molecule has 0 atom stereocenters. The van der Waals surface area contributed by atoms with Crippen molar-refractivity contribution < 1.29 is 4.92 Å². The molecule has 0 saturated carbocycles. The molecule has 2 heterocycles. The summed E-state index contributed by atoms with van der Waals surface area (Å²) in [5.74, 6) is 0.389. The lowest BCUT2D eigenvalue weighted by Crippen LogP contribution is -2.46. The Kier molecular flexibility index (Phi) is 4.94. The van der Waals surface area contributed by atoms with E-state index in [1.54, 1.807) is 0 Å². The van der Waals surface area contributed by atoms with Crippen LogP contribution in [-0.4, -0.2) is 52.5 Å². The molecule has 0 amide bonds. The fourth-order valence-corrected chi connectivity index (χ4v) is 2.79. The van der Waals surface area contributed by atoms with Gasteiger partial charge in [-0.25, -0.2) is 0 Å². The summed E-state index contributed by atoms with van der Waals surface area (Å²) in [6, 6.07) is 9.16. The van der Waals surface area contributed by atoms with E-state index >= 15 is 0 Å². The quantitative estimate of drug-likeness (QED) is 0.624. The lowest BCUT2D eigenvalue weighted by atomic mass is 10.3. The predicted molar refractivity (Wildman–Crippen MR) is 97.2 cm³/mol. The van der Waals surface area contributed by atoms with Crippen molar-refractivity contribution in [2.75, 3.05) is 48.7 Å². The molecule has 1 saturated heterocycles. The molecule has 9 heteroatoms. The van der Waals surface area contributed by atoms with E-state index in [4.69, 9.17) is 5.73 Å². The second-order valence-electron chi connectivity index (χ2n) is 5.78. The summed E-state index contributed by atoms with van der Waals surface area (Å²) in [6.07, 6.45) is 0. The van der Waals surface area contributed by atoms with Gasteiger partial charge >= 0.3 is 5.69 Å². The molecule has 1 aliphatic rings. The molecular formula is C16H21N7O2. The van der Waals surface area contributed by atoms with Crippen molar-refractivity contribution >= 4 is 29.0 Å². The minimum atomic E-state index is -0.556. The van der Waals surface area contributed by atoms with Crippen molar-refractivity contribution in [2.45, 2.75) is 6.92 Å². The van der Waals surface area contributed by atoms with Crippen LogP contribution in [0.1, 0.15) is 6.92 Å². The molecule has 1 aliphatic heterocycles. The summed E-state index contributed by atoms with van der Waals surface area (Å²) >= 11 is 0. The Hall–Kier alpha value is -2.94. The monoisotopic (exact) mass is 343 g/mol. The highest BCUT2D eigenvalue weighted by molar-refractivity contribution is 5.74. The Labute approximate surface area is 145 Å². The number of nitro groups is 1. The molecule has 132 valence electrons. The van der Waals surface area contributed by atoms with Gasteiger partial charge in [-0.1, -0.05) is 25.1 Å². The maximum Gasteiger partial charge on any atom is 0.353 e. The van der Waals surface area contributed by atoms with Crippen LogP contribution in [0.25, 0.3) is 0 Å². The van der Waals surface area contributed by atoms with E-state index < -0.39 is 4.92 Å². The number of benzene rings is 1. The molecule has 0 radical (unpaired) electrons. The van der Waals surface area contributed by atoms with Gasteiger partial charge in [-0.15, -0.1) is 0 Å². The average molecular weight is 343 g/mol. The molecule has 3 rings (SSSR count). The number of nitrogens with one attached hydrogen (secondary N) is 1. The maximum atomic E-state index is 11.4. The molecule has 0 unspecified atom stereocenters. The minimum absolute atomic E-state index is 0.108. The van der Waals surface area contributed by atoms with Gasteiger partial charge in [0.25, 0.3) is 0 Å². The fraction of sp³-hybridized carbons (Fsp3) is 0.375. The number of hydrogen-bond donors (Lipinski definition) is 2. The number of piperazine rings is 1. The standard InChI is InChI=1S/C16H21N7O2/c1-2-21-8-10-22(11-9-21)16-19-14(17)13(23(24)25)15(20-16)18-12-6-4-3-5-7-12/h3-7H,2,8-11H2,1H3,(H3,17,18,19,20). The van der Waals surface area contributed by atoms with Gasteiger partial charge in [0.15, 0.2) is 0 Å². The molecule has 25 heavy (non-hydrogen) atoms. The van der Waals surface area contributed by atoms with Gasteiger partial charge in [0.2, 0.25) is 17.6 Å². The normalized spacial score (nSPS) is 15.2. The fourth-order valence-electron chi connectivity index (χ4n) is 2.79. The van der Waals surface area contributed by atoms with Crippen LogP contribution in [0.4, 0.5) is 29.0 Å². The first-order chi connectivity index (χ1) is 12.1. The van der Waals surface area contributed by atoms with Crippen LogP contribution in [-0.2, 0) is 0 Å². The Morgan fingerprint density at radius 2 is 1.88 bits per heavy atom. The van der Waals surface area contributed by atoms with Gasteiger partial charge in [0.1, 0.15) is 0 Å². The highest BCUT2D eigenvalue weighted by Crippen LogP contribution is 2.32. The van der Waals surface area contributed by atoms with Gasteiger partial charge in [0, 0.05) is 31.9 Å². The number of likely N-dealkylation sites (N-methyl/N-ethyl adjacent to an activating group) is 1. The van der Waals surface area contributed by atoms with Gasteiger partial charge in [-0.3, -0.25) is 10.1 Å². The number of anilines is 4. The molecule has 1 aromatic heterocycles. The van der Waals surface area contributed by atoms with E-state index in [0.717, 1.165) is 32.7 Å². The van der Waals surface area contributed by atoms with Crippen molar-refractivity contribution in [2.24, 2.45) is 0 Å². The lowest BCUT2D eigenvalue weighted by Gasteiger charge is -2.34. The number of rotatable bonds is 5. The lowest BCUT2D eigenvalue weighted by molar-refractivity contribution is -0.383. The Morgan fingerprint density at radius 1 is 1.20 bits per heavy atom. The highest BCUT2D eigenvalue weighted by Gasteiger charge is 2.26. The van der Waals surface area contributed by atoms with Crippen LogP contribution < -0.4 is 16.0 Å². The minimum Gasteiger partial charge on any atom is -0.378 e. The van der Waals surface area contributed by atoms with E-state index in [1.807, 2.05) is 35.2 Å². The molecule has 0 spiro atoms. The van der Waals surface area contributed by atoms with Gasteiger partial charge in [0.05, 0.1) is 4.92 Å². The van der Waals surface area contributed by atoms with Crippen molar-refractivity contribution in [1.82, 2.24) is 14.9 Å². The molecule has 0 aliphatic carbocycles. The summed E-state index contributed by atoms with van der Waals surface area (Å²) in [4.78, 5) is 23.7. The molecule has 2 aromatic rings. The SMILES string of the molecule is CCN1CCN(c2nc(N)c([N+](=O)[O-])c(Nc3ccccc3)n2)CC1. The van der Waals surface area contributed by atoms with Crippen molar-refractivity contribution in [3.8, 4) is 0 Å². The molecule has 9 nitrogen and oxygen atoms in total. The second-order valence-corrected chi connectivity index (χ2v) is 5.78. The van der Waals surface area contributed by atoms with E-state index in [0.29, 0.717) is 11.6 Å². The van der Waals surface area contributed by atoms with Crippen LogP contribution in [0, 0.1) is 10.1 Å². The zero-order valence-corrected chi connectivity index (χ0v) is 14.1. The number of para-hydroxylation sites is 1. The molecule has 1 aromatic carbocycles. The summed E-state index contributed by atoms with van der Waals surface area (Å²) in [7, 11) is 0. The Bertz CT molecular complexity index is 746. The first-order valence-corrected chi connectivity index (χ1v) is 8.19. The zero-order valence-electron chi connectivity index (χ0n) is 14.1. The number of nitrogens with zero attached hydrogens (tertiary/aromatic N) is 5. The zero-order chi connectivity index (χ0) is 17.8. The summed E-state index contributed by atoms with van der Waals surface area (Å²) < 4.78 is 0. The average Bonchev–Trinajstić information content (AvgIpc) is 2.62. The van der Waals surface area contributed by atoms with Crippen molar-refractivity contribution in [3.63, 3.8) is 0 Å². The van der Waals surface area contributed by atoms with Crippen LogP contribution in [0.15, 0.2) is 30.3 Å². The van der Waals surface area contributed by atoms with E-state index in [-0.39, 0.29) is 17.3 Å². The third-order valence-corrected chi connectivity index (χ3v) is 4.22. The maximum absolute atomic E-state index is 11.4. The smallest absolute Gasteiger partial charge is 0.353 e.